The van der Waals surface area contributed by atoms with Gasteiger partial charge in [-0.05, 0) is 25.1 Å². The van der Waals surface area contributed by atoms with E-state index in [0.717, 1.165) is 0 Å². The van der Waals surface area contributed by atoms with Crippen LogP contribution in [0.15, 0.2) is 42.7 Å². The van der Waals surface area contributed by atoms with Crippen LogP contribution in [0.3, 0.4) is 0 Å². The van der Waals surface area contributed by atoms with Gasteiger partial charge in [0.1, 0.15) is 0 Å². The maximum absolute atomic E-state index is 12.4. The first-order chi connectivity index (χ1) is 11.0. The molecule has 0 bridgehead atoms. The van der Waals surface area contributed by atoms with Crippen molar-refractivity contribution in [3.8, 4) is 11.5 Å². The predicted molar refractivity (Wildman–Crippen MR) is 82.5 cm³/mol. The third-order valence-electron chi connectivity index (χ3n) is 3.70. The highest BCUT2D eigenvalue weighted by atomic mass is 16.7. The van der Waals surface area contributed by atoms with Crippen LogP contribution in [0.2, 0.25) is 0 Å². The van der Waals surface area contributed by atoms with E-state index in [1.165, 1.54) is 6.92 Å². The molecule has 1 atom stereocenters. The van der Waals surface area contributed by atoms with Crippen LogP contribution in [0, 0.1) is 0 Å². The second-order valence-electron chi connectivity index (χ2n) is 5.33. The summed E-state index contributed by atoms with van der Waals surface area (Å²) in [6.07, 6.45) is 3.43. The van der Waals surface area contributed by atoms with E-state index in [2.05, 4.69) is 5.32 Å². The number of fused-ring (bicyclic) bond motifs is 1. The van der Waals surface area contributed by atoms with Crippen LogP contribution in [0.1, 0.15) is 30.2 Å². The number of hydrogen-bond acceptors (Lipinski definition) is 4. The molecule has 0 saturated carbocycles. The largest absolute Gasteiger partial charge is 0.454 e. The first-order valence-electron chi connectivity index (χ1n) is 7.27. The number of carbonyl (C=O) groups excluding carboxylic acids is 2. The minimum absolute atomic E-state index is 0.0391. The smallest absolute Gasteiger partial charge is 0.293 e. The summed E-state index contributed by atoms with van der Waals surface area (Å²) >= 11 is 0. The minimum atomic E-state index is -0.459. The van der Waals surface area contributed by atoms with Gasteiger partial charge >= 0.3 is 0 Å². The molecule has 0 spiro atoms. The summed E-state index contributed by atoms with van der Waals surface area (Å²) in [4.78, 5) is 23.9. The molecule has 0 saturated heterocycles. The Bertz CT molecular complexity index is 773. The standard InChI is InChI=1S/C17H16N2O4/c1-11(19-7-3-4-13(9-19)12(2)20)17(21)18-14-5-6-15-16(8-14)23-10-22-15/h3-9,11H,10H2,1-2H3/p+1/t11-/m1/s1. The van der Waals surface area contributed by atoms with Crippen molar-refractivity contribution in [2.45, 2.75) is 19.9 Å². The van der Waals surface area contributed by atoms with Crippen molar-refractivity contribution in [2.75, 3.05) is 12.1 Å². The highest BCUT2D eigenvalue weighted by Gasteiger charge is 2.23. The lowest BCUT2D eigenvalue weighted by molar-refractivity contribution is -0.705. The Labute approximate surface area is 133 Å². The van der Waals surface area contributed by atoms with Gasteiger partial charge in [0.05, 0.1) is 5.56 Å². The van der Waals surface area contributed by atoms with Gasteiger partial charge in [0.15, 0.2) is 29.7 Å². The predicted octanol–water partition coefficient (Wildman–Crippen LogP) is 2.11. The molecule has 2 aromatic rings. The molecule has 0 unspecified atom stereocenters. The molecule has 1 aromatic carbocycles. The molecule has 23 heavy (non-hydrogen) atoms. The first kappa shape index (κ1) is 15.0. The SMILES string of the molecule is CC(=O)c1ccc[n+]([C@H](C)C(=O)Nc2ccc3c(c2)OCO3)c1. The number of aromatic nitrogens is 1. The average Bonchev–Trinajstić information content (AvgIpc) is 3.01. The maximum Gasteiger partial charge on any atom is 0.293 e. The molecule has 0 fully saturated rings. The average molecular weight is 313 g/mol. The lowest BCUT2D eigenvalue weighted by atomic mass is 10.2. The molecule has 3 rings (SSSR count). The summed E-state index contributed by atoms with van der Waals surface area (Å²) in [6, 6.07) is 8.26. The van der Waals surface area contributed by atoms with Crippen LogP contribution in [0.25, 0.3) is 0 Å². The monoisotopic (exact) mass is 313 g/mol. The number of hydrogen-bond donors (Lipinski definition) is 1. The number of ether oxygens (including phenoxy) is 2. The van der Waals surface area contributed by atoms with Crippen molar-refractivity contribution in [2.24, 2.45) is 0 Å². The summed E-state index contributed by atoms with van der Waals surface area (Å²) in [5.74, 6) is 1.05. The Morgan fingerprint density at radius 1 is 1.22 bits per heavy atom. The number of ketones is 1. The lowest BCUT2D eigenvalue weighted by Gasteiger charge is -2.09. The van der Waals surface area contributed by atoms with Gasteiger partial charge in [0.25, 0.3) is 5.91 Å². The molecule has 2 heterocycles. The van der Waals surface area contributed by atoms with Gasteiger partial charge in [-0.1, -0.05) is 0 Å². The van der Waals surface area contributed by atoms with Crippen LogP contribution < -0.4 is 19.4 Å². The Balaban J connectivity index is 1.75. The van der Waals surface area contributed by atoms with Gasteiger partial charge in [-0.15, -0.1) is 0 Å². The molecule has 6 nitrogen and oxygen atoms in total. The number of benzene rings is 1. The highest BCUT2D eigenvalue weighted by Crippen LogP contribution is 2.34. The molecule has 6 heteroatoms. The summed E-state index contributed by atoms with van der Waals surface area (Å²) in [6.45, 7) is 3.46. The Morgan fingerprint density at radius 2 is 2.00 bits per heavy atom. The van der Waals surface area contributed by atoms with E-state index >= 15 is 0 Å². The van der Waals surface area contributed by atoms with E-state index in [4.69, 9.17) is 9.47 Å². The number of carbonyl (C=O) groups is 2. The molecular weight excluding hydrogens is 296 g/mol. The van der Waals surface area contributed by atoms with Gasteiger partial charge in [-0.3, -0.25) is 9.59 Å². The third kappa shape index (κ3) is 3.15. The van der Waals surface area contributed by atoms with Crippen LogP contribution in [0.4, 0.5) is 5.69 Å². The summed E-state index contributed by atoms with van der Waals surface area (Å²) in [5.41, 5.74) is 1.20. The molecule has 1 aromatic heterocycles. The highest BCUT2D eigenvalue weighted by molar-refractivity contribution is 5.94. The van der Waals surface area contributed by atoms with E-state index in [1.807, 2.05) is 0 Å². The molecule has 0 radical (unpaired) electrons. The zero-order chi connectivity index (χ0) is 16.4. The maximum atomic E-state index is 12.4. The number of amides is 1. The van der Waals surface area contributed by atoms with Gasteiger partial charge in [0, 0.05) is 24.7 Å². The van der Waals surface area contributed by atoms with E-state index in [1.54, 1.807) is 54.2 Å². The third-order valence-corrected chi connectivity index (χ3v) is 3.70. The van der Waals surface area contributed by atoms with Gasteiger partial charge in [-0.25, -0.2) is 0 Å². The number of anilines is 1. The normalized spacial score (nSPS) is 13.5. The fourth-order valence-electron chi connectivity index (χ4n) is 2.30. The van der Waals surface area contributed by atoms with Crippen LogP contribution in [-0.2, 0) is 4.79 Å². The van der Waals surface area contributed by atoms with E-state index in [-0.39, 0.29) is 18.5 Å². The topological polar surface area (TPSA) is 68.5 Å². The van der Waals surface area contributed by atoms with Crippen molar-refractivity contribution in [3.05, 3.63) is 48.3 Å². The molecule has 1 aliphatic rings. The van der Waals surface area contributed by atoms with Crippen LogP contribution >= 0.6 is 0 Å². The minimum Gasteiger partial charge on any atom is -0.454 e. The Kier molecular flexibility index (Phi) is 3.97. The van der Waals surface area contributed by atoms with Crippen LogP contribution in [-0.4, -0.2) is 18.5 Å². The van der Waals surface area contributed by atoms with Crippen LogP contribution in [0.5, 0.6) is 11.5 Å². The van der Waals surface area contributed by atoms with E-state index < -0.39 is 6.04 Å². The number of rotatable bonds is 4. The molecule has 1 aliphatic heterocycles. The number of nitrogens with zero attached hydrogens (tertiary/aromatic N) is 1. The Morgan fingerprint density at radius 3 is 2.78 bits per heavy atom. The lowest BCUT2D eigenvalue weighted by Crippen LogP contribution is -2.44. The molecular formula is C17H17N2O4+. The zero-order valence-corrected chi connectivity index (χ0v) is 12.9. The van der Waals surface area contributed by atoms with Gasteiger partial charge in [-0.2, -0.15) is 4.57 Å². The fraction of sp³-hybridized carbons (Fsp3) is 0.235. The second-order valence-corrected chi connectivity index (χ2v) is 5.33. The molecule has 1 N–H and O–H groups in total. The van der Waals surface area contributed by atoms with Gasteiger partial charge in [0.2, 0.25) is 12.8 Å². The quantitative estimate of drug-likeness (QED) is 0.693. The van der Waals surface area contributed by atoms with Crippen molar-refractivity contribution >= 4 is 17.4 Å². The first-order valence-corrected chi connectivity index (χ1v) is 7.27. The number of nitrogens with one attached hydrogen (secondary N) is 1. The van der Waals surface area contributed by atoms with E-state index in [0.29, 0.717) is 22.7 Å². The summed E-state index contributed by atoms with van der Waals surface area (Å²) in [7, 11) is 0. The van der Waals surface area contributed by atoms with Crippen molar-refractivity contribution in [1.29, 1.82) is 0 Å². The second kappa shape index (κ2) is 6.08. The van der Waals surface area contributed by atoms with Crippen molar-refractivity contribution in [3.63, 3.8) is 0 Å². The molecule has 118 valence electrons. The molecule has 0 aliphatic carbocycles. The Hall–Kier alpha value is -2.89. The number of pyridine rings is 1. The summed E-state index contributed by atoms with van der Waals surface area (Å²) in [5, 5.41) is 2.84. The van der Waals surface area contributed by atoms with Crippen molar-refractivity contribution < 1.29 is 23.6 Å². The zero-order valence-electron chi connectivity index (χ0n) is 12.9. The number of Topliss-reactive ketones (excluding diaryl/α,β-unsaturated/α-hetero) is 1. The van der Waals surface area contributed by atoms with Gasteiger partial charge < -0.3 is 14.8 Å². The summed E-state index contributed by atoms with van der Waals surface area (Å²) < 4.78 is 12.2. The van der Waals surface area contributed by atoms with Crippen molar-refractivity contribution in [1.82, 2.24) is 0 Å². The van der Waals surface area contributed by atoms with E-state index in [9.17, 15) is 9.59 Å². The fourth-order valence-corrected chi connectivity index (χ4v) is 2.30. The molecule has 1 amide bonds.